The molecule has 3 heterocycles. The zero-order chi connectivity index (χ0) is 22.8. The maximum absolute atomic E-state index is 13.4. The lowest BCUT2D eigenvalue weighted by molar-refractivity contribution is 0.102. The van der Waals surface area contributed by atoms with Crippen LogP contribution in [0.25, 0.3) is 16.7 Å². The molecule has 3 aromatic heterocycles. The summed E-state index contributed by atoms with van der Waals surface area (Å²) in [5.41, 5.74) is 3.87. The van der Waals surface area contributed by atoms with Gasteiger partial charge in [-0.1, -0.05) is 36.0 Å². The summed E-state index contributed by atoms with van der Waals surface area (Å²) in [7, 11) is 0. The fourth-order valence-electron chi connectivity index (χ4n) is 3.81. The third-order valence-electron chi connectivity index (χ3n) is 5.46. The minimum Gasteiger partial charge on any atom is -0.345 e. The molecule has 0 atom stereocenters. The maximum Gasteiger partial charge on any atom is 0.267 e. The number of rotatable bonds is 7. The van der Waals surface area contributed by atoms with Gasteiger partial charge in [0.2, 0.25) is 0 Å². The largest absolute Gasteiger partial charge is 0.345 e. The molecule has 0 saturated heterocycles. The van der Waals surface area contributed by atoms with Gasteiger partial charge in [0, 0.05) is 29.7 Å². The van der Waals surface area contributed by atoms with E-state index in [9.17, 15) is 9.59 Å². The highest BCUT2D eigenvalue weighted by atomic mass is 32.2. The molecule has 0 aliphatic rings. The molecule has 0 radical (unpaired) electrons. The number of aromatic nitrogens is 4. The third-order valence-corrected chi connectivity index (χ3v) is 6.40. The summed E-state index contributed by atoms with van der Waals surface area (Å²) in [6, 6.07) is 12.9. The van der Waals surface area contributed by atoms with Gasteiger partial charge < -0.3 is 4.57 Å². The highest BCUT2D eigenvalue weighted by Gasteiger charge is 2.19. The Morgan fingerprint density at radius 3 is 2.69 bits per heavy atom. The van der Waals surface area contributed by atoms with Crippen LogP contribution in [0, 0.1) is 20.8 Å². The summed E-state index contributed by atoms with van der Waals surface area (Å²) in [4.78, 5) is 35.6. The molecule has 0 aliphatic carbocycles. The number of benzene rings is 1. The van der Waals surface area contributed by atoms with Crippen LogP contribution in [-0.4, -0.2) is 30.6 Å². The fourth-order valence-corrected chi connectivity index (χ4v) is 4.69. The van der Waals surface area contributed by atoms with Crippen molar-refractivity contribution < 1.29 is 4.79 Å². The first-order valence-electron chi connectivity index (χ1n) is 10.3. The number of nitrogens with zero attached hydrogens (tertiary/aromatic N) is 4. The summed E-state index contributed by atoms with van der Waals surface area (Å²) in [5.74, 6) is 0.676. The quantitative estimate of drug-likeness (QED) is 0.179. The molecule has 32 heavy (non-hydrogen) atoms. The smallest absolute Gasteiger partial charge is 0.267 e. The number of pyridine rings is 1. The Balaban J connectivity index is 1.75. The van der Waals surface area contributed by atoms with Crippen LogP contribution in [-0.2, 0) is 6.54 Å². The molecule has 162 valence electrons. The Hall–Kier alpha value is -3.45. The van der Waals surface area contributed by atoms with Crippen molar-refractivity contribution in [3.63, 3.8) is 0 Å². The average molecular weight is 445 g/mol. The average Bonchev–Trinajstić information content (AvgIpc) is 3.07. The van der Waals surface area contributed by atoms with E-state index in [2.05, 4.69) is 16.1 Å². The van der Waals surface area contributed by atoms with E-state index in [-0.39, 0.29) is 17.1 Å². The minimum atomic E-state index is -0.198. The van der Waals surface area contributed by atoms with Crippen LogP contribution >= 0.6 is 11.8 Å². The number of carbonyl (C=O) groups excluding carboxylic acids is 1. The van der Waals surface area contributed by atoms with Gasteiger partial charge in [-0.3, -0.25) is 9.59 Å². The van der Waals surface area contributed by atoms with Crippen LogP contribution in [0.2, 0.25) is 0 Å². The van der Waals surface area contributed by atoms with Gasteiger partial charge in [-0.05, 0) is 50.6 Å². The zero-order valence-corrected chi connectivity index (χ0v) is 19.1. The molecule has 4 aromatic rings. The van der Waals surface area contributed by atoms with Crippen LogP contribution < -0.4 is 5.56 Å². The highest BCUT2D eigenvalue weighted by Crippen LogP contribution is 2.24. The van der Waals surface area contributed by atoms with Crippen LogP contribution in [0.4, 0.5) is 0 Å². The fraction of sp³-hybridized carbons (Fsp3) is 0.200. The van der Waals surface area contributed by atoms with Gasteiger partial charge >= 0.3 is 0 Å². The monoisotopic (exact) mass is 444 g/mol. The van der Waals surface area contributed by atoms with Crippen molar-refractivity contribution >= 4 is 28.4 Å². The first kappa shape index (κ1) is 21.8. The van der Waals surface area contributed by atoms with Crippen molar-refractivity contribution in [2.75, 3.05) is 5.75 Å². The lowest BCUT2D eigenvalue weighted by Gasteiger charge is -2.14. The Kier molecular flexibility index (Phi) is 6.10. The second-order valence-corrected chi connectivity index (χ2v) is 8.53. The van der Waals surface area contributed by atoms with Crippen molar-refractivity contribution in [3.05, 3.63) is 94.2 Å². The number of carbonyl (C=O) groups is 1. The highest BCUT2D eigenvalue weighted by molar-refractivity contribution is 7.99. The number of hydrogen-bond acceptors (Lipinski definition) is 5. The van der Waals surface area contributed by atoms with Gasteiger partial charge in [-0.2, -0.15) is 0 Å². The lowest BCUT2D eigenvalue weighted by atomic mass is 10.2. The minimum absolute atomic E-state index is 0.00915. The molecule has 0 amide bonds. The van der Waals surface area contributed by atoms with Gasteiger partial charge in [-0.15, -0.1) is 6.58 Å². The van der Waals surface area contributed by atoms with Gasteiger partial charge in [-0.25, -0.2) is 14.5 Å². The molecule has 0 saturated carbocycles. The number of thioether (sulfide) groups is 1. The van der Waals surface area contributed by atoms with E-state index >= 15 is 0 Å². The standard InChI is InChI=1S/C25H24N4O2S/c1-5-13-28-17(3)14-20(18(28)4)22(30)15-32-25-27-21-11-7-6-10-19(21)24(31)29(25)23-16(2)9-8-12-26-23/h5-12,14H,1,13,15H2,2-4H3. The van der Waals surface area contributed by atoms with Crippen LogP contribution in [0.15, 0.2) is 71.3 Å². The molecule has 0 N–H and O–H groups in total. The van der Waals surface area contributed by atoms with Crippen molar-refractivity contribution in [1.29, 1.82) is 0 Å². The van der Waals surface area contributed by atoms with Crippen molar-refractivity contribution in [3.8, 4) is 5.82 Å². The molecule has 1 aromatic carbocycles. The first-order valence-corrected chi connectivity index (χ1v) is 11.3. The number of fused-ring (bicyclic) bond motifs is 1. The Labute approximate surface area is 190 Å². The summed E-state index contributed by atoms with van der Waals surface area (Å²) in [5, 5.41) is 0.963. The normalized spacial score (nSPS) is 11.1. The van der Waals surface area contributed by atoms with Crippen LogP contribution in [0.3, 0.4) is 0 Å². The second kappa shape index (κ2) is 8.96. The Morgan fingerprint density at radius 2 is 1.94 bits per heavy atom. The van der Waals surface area contributed by atoms with Crippen LogP contribution in [0.1, 0.15) is 27.3 Å². The van der Waals surface area contributed by atoms with Gasteiger partial charge in [0.1, 0.15) is 5.82 Å². The molecule has 6 nitrogen and oxygen atoms in total. The Bertz CT molecular complexity index is 1400. The second-order valence-electron chi connectivity index (χ2n) is 7.59. The van der Waals surface area contributed by atoms with E-state index in [4.69, 9.17) is 4.98 Å². The molecule has 7 heteroatoms. The molecule has 0 spiro atoms. The summed E-state index contributed by atoms with van der Waals surface area (Å²) in [6.45, 7) is 10.3. The molecule has 4 rings (SSSR count). The van der Waals surface area contributed by atoms with E-state index in [0.29, 0.717) is 34.0 Å². The van der Waals surface area contributed by atoms with Crippen LogP contribution in [0.5, 0.6) is 0 Å². The van der Waals surface area contributed by atoms with E-state index in [0.717, 1.165) is 17.0 Å². The summed E-state index contributed by atoms with van der Waals surface area (Å²) >= 11 is 1.25. The number of allylic oxidation sites excluding steroid dienone is 1. The van der Waals surface area contributed by atoms with Crippen molar-refractivity contribution in [2.24, 2.45) is 0 Å². The summed E-state index contributed by atoms with van der Waals surface area (Å²) < 4.78 is 3.57. The predicted octanol–water partition coefficient (Wildman–Crippen LogP) is 4.67. The number of Topliss-reactive ketones (excluding diaryl/α,β-unsaturated/α-hetero) is 1. The Morgan fingerprint density at radius 1 is 1.16 bits per heavy atom. The maximum atomic E-state index is 13.4. The zero-order valence-electron chi connectivity index (χ0n) is 18.3. The summed E-state index contributed by atoms with van der Waals surface area (Å²) in [6.07, 6.45) is 3.47. The van der Waals surface area contributed by atoms with Crippen molar-refractivity contribution in [2.45, 2.75) is 32.5 Å². The first-order chi connectivity index (χ1) is 15.4. The molecule has 0 bridgehead atoms. The number of aryl methyl sites for hydroxylation is 2. The third kappa shape index (κ3) is 3.91. The van der Waals surface area contributed by atoms with E-state index in [1.54, 1.807) is 18.3 Å². The molecule has 0 fully saturated rings. The van der Waals surface area contributed by atoms with E-state index in [1.807, 2.05) is 57.2 Å². The van der Waals surface area contributed by atoms with Gasteiger partial charge in [0.25, 0.3) is 5.56 Å². The molecular weight excluding hydrogens is 420 g/mol. The van der Waals surface area contributed by atoms with Crippen molar-refractivity contribution in [1.82, 2.24) is 19.1 Å². The lowest BCUT2D eigenvalue weighted by Crippen LogP contribution is -2.23. The predicted molar refractivity (Wildman–Crippen MR) is 129 cm³/mol. The van der Waals surface area contributed by atoms with Gasteiger partial charge in [0.05, 0.1) is 16.7 Å². The van der Waals surface area contributed by atoms with Gasteiger partial charge in [0.15, 0.2) is 10.9 Å². The molecule has 0 unspecified atom stereocenters. The SMILES string of the molecule is C=CCn1c(C)cc(C(=O)CSc2nc3ccccc3c(=O)n2-c2ncccc2C)c1C. The van der Waals surface area contributed by atoms with E-state index < -0.39 is 0 Å². The molecule has 0 aliphatic heterocycles. The number of hydrogen-bond donors (Lipinski definition) is 0. The number of ketones is 1. The topological polar surface area (TPSA) is 69.8 Å². The number of para-hydroxylation sites is 1. The van der Waals surface area contributed by atoms with E-state index in [1.165, 1.54) is 16.3 Å². The molecular formula is C25H24N4O2S.